The number of Topliss-reactive ketones (excluding diaryl/α,β-unsaturated/α-hetero) is 2. The lowest BCUT2D eigenvalue weighted by atomic mass is 9.83. The number of carbonyl (C=O) groups excluding carboxylic acids is 6. The quantitative estimate of drug-likeness (QED) is 0.0859. The molecule has 2 bridgehead atoms. The summed E-state index contributed by atoms with van der Waals surface area (Å²) >= 11 is 0. The molecule has 1 aromatic carbocycles. The number of unbranched alkanes of at least 4 members (excludes halogenated alkanes) is 2. The summed E-state index contributed by atoms with van der Waals surface area (Å²) in [4.78, 5) is 88.9. The first-order chi connectivity index (χ1) is 29.6. The molecule has 13 nitrogen and oxygen atoms in total. The maximum absolute atomic E-state index is 14.7. The van der Waals surface area contributed by atoms with Crippen molar-refractivity contribution in [3.05, 3.63) is 35.9 Å². The van der Waals surface area contributed by atoms with Crippen molar-refractivity contribution in [3.8, 4) is 0 Å². The van der Waals surface area contributed by atoms with E-state index in [0.29, 0.717) is 32.4 Å². The third-order valence-corrected chi connectivity index (χ3v) is 14.5. The fourth-order valence-corrected chi connectivity index (χ4v) is 10.8. The van der Waals surface area contributed by atoms with Gasteiger partial charge >= 0.3 is 5.97 Å². The lowest BCUT2D eigenvalue weighted by molar-refractivity contribution is -0.150. The van der Waals surface area contributed by atoms with Crippen LogP contribution < -0.4 is 5.73 Å². The SMILES string of the molecule is CC[C@H](C)[C@@H]([C@@H](CC(=O)N1CCC[C@H]1[C@H](OC)[C@@H](C)C(=O)C[C@@H](Cc1ccccc1)C(=O)OC)OC)N(C)C(=O)[C@@H](CC(=O)[C@@H]1[C@H]2CC[C@H](C2)N1C(=O)CCCCCN)C(C)C. The summed E-state index contributed by atoms with van der Waals surface area (Å²) in [5.41, 5.74) is 6.60. The fraction of sp³-hybridized carbons (Fsp3) is 0.755. The van der Waals surface area contributed by atoms with Crippen LogP contribution in [-0.2, 0) is 49.4 Å². The van der Waals surface area contributed by atoms with Crippen molar-refractivity contribution >= 4 is 35.3 Å². The fourth-order valence-electron chi connectivity index (χ4n) is 10.8. The molecule has 3 amide bonds. The minimum atomic E-state index is -0.650. The number of benzene rings is 1. The van der Waals surface area contributed by atoms with Gasteiger partial charge in [-0.25, -0.2) is 0 Å². The molecule has 3 aliphatic rings. The average Bonchev–Trinajstić information content (AvgIpc) is 4.04. The smallest absolute Gasteiger partial charge is 0.309 e. The largest absolute Gasteiger partial charge is 0.469 e. The molecule has 0 unspecified atom stereocenters. The summed E-state index contributed by atoms with van der Waals surface area (Å²) in [6.45, 7) is 10.9. The second-order valence-corrected chi connectivity index (χ2v) is 18.8. The normalized spacial score (nSPS) is 23.1. The number of nitrogens with two attached hydrogens (primary N) is 1. The molecule has 2 aliphatic heterocycles. The number of ketones is 2. The molecule has 3 fully saturated rings. The molecule has 62 heavy (non-hydrogen) atoms. The number of piperidine rings is 1. The zero-order valence-electron chi connectivity index (χ0n) is 39.2. The Morgan fingerprint density at radius 1 is 0.871 bits per heavy atom. The first-order valence-corrected chi connectivity index (χ1v) is 23.4. The molecule has 2 N–H and O–H groups in total. The highest BCUT2D eigenvalue weighted by Gasteiger charge is 2.51. The number of ether oxygens (including phenoxy) is 3. The first-order valence-electron chi connectivity index (χ1n) is 23.4. The Kier molecular flexibility index (Phi) is 20.1. The van der Waals surface area contributed by atoms with E-state index in [9.17, 15) is 28.8 Å². The van der Waals surface area contributed by atoms with Gasteiger partial charge in [0.05, 0.1) is 49.8 Å². The summed E-state index contributed by atoms with van der Waals surface area (Å²) in [6, 6.07) is 8.30. The number of amides is 3. The Labute approximate surface area is 371 Å². The van der Waals surface area contributed by atoms with Gasteiger partial charge < -0.3 is 34.6 Å². The van der Waals surface area contributed by atoms with Crippen molar-refractivity contribution < 1.29 is 43.0 Å². The standard InChI is InChI=1S/C49H78N4O9/c1-10-32(4)45(51(6)48(58)38(31(2)3)29-41(55)46-35-22-23-37(27-35)53(46)43(56)21-15-12-16-24-50)42(60-7)30-44(57)52-25-17-20-39(52)47(61-8)33(5)40(54)28-36(49(59)62-9)26-34-18-13-11-14-19-34/h11,13-14,18-19,31-33,35-39,42,45-47H,10,12,15-17,20-30,50H2,1-9H3/t32-,33-,35-,36+,37+,38-,39-,42+,45-,46-,47+/m0/s1. The number of carbonyl (C=O) groups is 6. The summed E-state index contributed by atoms with van der Waals surface area (Å²) in [6.07, 6.45) is 6.89. The third-order valence-electron chi connectivity index (χ3n) is 14.5. The molecule has 0 radical (unpaired) electrons. The van der Waals surface area contributed by atoms with E-state index in [1.54, 1.807) is 38.0 Å². The molecule has 0 spiro atoms. The Balaban J connectivity index is 1.47. The van der Waals surface area contributed by atoms with Gasteiger partial charge in [0.2, 0.25) is 17.7 Å². The van der Waals surface area contributed by atoms with Gasteiger partial charge in [-0.05, 0) is 81.2 Å². The number of esters is 1. The van der Waals surface area contributed by atoms with Gasteiger partial charge in [-0.2, -0.15) is 0 Å². The van der Waals surface area contributed by atoms with Crippen LogP contribution in [0, 0.1) is 35.5 Å². The second kappa shape index (κ2) is 24.4. The van der Waals surface area contributed by atoms with Crippen molar-refractivity contribution in [1.29, 1.82) is 0 Å². The molecule has 11 atom stereocenters. The summed E-state index contributed by atoms with van der Waals surface area (Å²) < 4.78 is 17.2. The number of hydrogen-bond donors (Lipinski definition) is 1. The van der Waals surface area contributed by atoms with Crippen LogP contribution in [0.25, 0.3) is 0 Å². The molecule has 1 aromatic rings. The van der Waals surface area contributed by atoms with Crippen LogP contribution in [0.5, 0.6) is 0 Å². The Morgan fingerprint density at radius 2 is 1.58 bits per heavy atom. The predicted octanol–water partition coefficient (Wildman–Crippen LogP) is 6.03. The van der Waals surface area contributed by atoms with E-state index in [2.05, 4.69) is 6.92 Å². The highest BCUT2D eigenvalue weighted by molar-refractivity contribution is 5.94. The van der Waals surface area contributed by atoms with Crippen molar-refractivity contribution in [2.45, 2.75) is 161 Å². The van der Waals surface area contributed by atoms with Crippen LogP contribution in [0.3, 0.4) is 0 Å². The van der Waals surface area contributed by atoms with Crippen LogP contribution >= 0.6 is 0 Å². The zero-order valence-corrected chi connectivity index (χ0v) is 39.2. The van der Waals surface area contributed by atoms with Crippen LogP contribution in [0.2, 0.25) is 0 Å². The Hall–Kier alpha value is -3.68. The molecular formula is C49H78N4O9. The summed E-state index contributed by atoms with van der Waals surface area (Å²) in [7, 11) is 6.22. The van der Waals surface area contributed by atoms with Crippen molar-refractivity contribution in [1.82, 2.24) is 14.7 Å². The minimum Gasteiger partial charge on any atom is -0.469 e. The molecule has 13 heteroatoms. The van der Waals surface area contributed by atoms with Gasteiger partial charge in [-0.3, -0.25) is 28.8 Å². The van der Waals surface area contributed by atoms with E-state index in [0.717, 1.165) is 56.9 Å². The maximum atomic E-state index is 14.7. The number of likely N-dealkylation sites (N-methyl/N-ethyl adjacent to an activating group) is 1. The van der Waals surface area contributed by atoms with Crippen molar-refractivity contribution in [2.24, 2.45) is 41.2 Å². The molecule has 2 saturated heterocycles. The van der Waals surface area contributed by atoms with Crippen LogP contribution in [0.15, 0.2) is 30.3 Å². The minimum absolute atomic E-state index is 0.0112. The number of fused-ring (bicyclic) bond motifs is 2. The average molecular weight is 867 g/mol. The molecule has 1 saturated carbocycles. The molecule has 4 rings (SSSR count). The maximum Gasteiger partial charge on any atom is 0.309 e. The van der Waals surface area contributed by atoms with E-state index in [-0.39, 0.29) is 78.4 Å². The number of hydrogen-bond acceptors (Lipinski definition) is 10. The Morgan fingerprint density at radius 3 is 2.19 bits per heavy atom. The monoisotopic (exact) mass is 867 g/mol. The van der Waals surface area contributed by atoms with Crippen LogP contribution in [-0.4, -0.2) is 128 Å². The summed E-state index contributed by atoms with van der Waals surface area (Å²) in [5.74, 6) is -2.81. The number of methoxy groups -OCH3 is 3. The third kappa shape index (κ3) is 12.5. The van der Waals surface area contributed by atoms with Gasteiger partial charge in [0.1, 0.15) is 5.78 Å². The van der Waals surface area contributed by atoms with E-state index in [1.807, 2.05) is 56.0 Å². The van der Waals surface area contributed by atoms with E-state index >= 15 is 0 Å². The zero-order chi connectivity index (χ0) is 45.7. The van der Waals surface area contributed by atoms with E-state index in [4.69, 9.17) is 19.9 Å². The van der Waals surface area contributed by atoms with Crippen molar-refractivity contribution in [2.75, 3.05) is 41.5 Å². The van der Waals surface area contributed by atoms with Gasteiger partial charge in [0.15, 0.2) is 5.78 Å². The van der Waals surface area contributed by atoms with Gasteiger partial charge in [-0.1, -0.05) is 77.8 Å². The van der Waals surface area contributed by atoms with Gasteiger partial charge in [-0.15, -0.1) is 0 Å². The first kappa shape index (κ1) is 51.0. The van der Waals surface area contributed by atoms with Crippen molar-refractivity contribution in [3.63, 3.8) is 0 Å². The van der Waals surface area contributed by atoms with E-state index in [1.165, 1.54) is 7.11 Å². The summed E-state index contributed by atoms with van der Waals surface area (Å²) in [5, 5.41) is 0. The van der Waals surface area contributed by atoms with Crippen LogP contribution in [0.4, 0.5) is 0 Å². The Bertz CT molecular complexity index is 1640. The van der Waals surface area contributed by atoms with E-state index < -0.39 is 48.0 Å². The highest BCUT2D eigenvalue weighted by Crippen LogP contribution is 2.44. The predicted molar refractivity (Wildman–Crippen MR) is 239 cm³/mol. The molecule has 1 aliphatic carbocycles. The van der Waals surface area contributed by atoms with Gasteiger partial charge in [0.25, 0.3) is 0 Å². The topological polar surface area (TPSA) is 166 Å². The van der Waals surface area contributed by atoms with Gasteiger partial charge in [0, 0.05) is 65.0 Å². The lowest BCUT2D eigenvalue weighted by Gasteiger charge is -2.41. The molecule has 348 valence electrons. The molecular weight excluding hydrogens is 789 g/mol. The lowest BCUT2D eigenvalue weighted by Crippen LogP contribution is -2.54. The number of likely N-dealkylation sites (tertiary alicyclic amines) is 2. The van der Waals surface area contributed by atoms with Crippen LogP contribution in [0.1, 0.15) is 124 Å². The molecule has 2 heterocycles. The number of nitrogens with zero attached hydrogens (tertiary/aromatic N) is 3. The molecule has 0 aromatic heterocycles. The second-order valence-electron chi connectivity index (χ2n) is 18.8. The number of rotatable bonds is 26. The highest BCUT2D eigenvalue weighted by atomic mass is 16.5.